The summed E-state index contributed by atoms with van der Waals surface area (Å²) in [4.78, 5) is 17.2. The highest BCUT2D eigenvalue weighted by Crippen LogP contribution is 2.23. The van der Waals surface area contributed by atoms with Crippen LogP contribution in [0.5, 0.6) is 5.75 Å². The zero-order chi connectivity index (χ0) is 19.9. The molecular formula is C21H24ClN3O3. The van der Waals surface area contributed by atoms with Crippen LogP contribution in [0.4, 0.5) is 5.69 Å². The summed E-state index contributed by atoms with van der Waals surface area (Å²) in [5, 5.41) is 6.51. The Kier molecular flexibility index (Phi) is 6.90. The van der Waals surface area contributed by atoms with Crippen LogP contribution in [-0.4, -0.2) is 38.2 Å². The van der Waals surface area contributed by atoms with E-state index in [2.05, 4.69) is 15.6 Å². The Morgan fingerprint density at radius 3 is 2.89 bits per heavy atom. The maximum Gasteiger partial charge on any atom is 0.258 e. The number of ether oxygens (including phenoxy) is 2. The molecule has 1 aliphatic heterocycles. The van der Waals surface area contributed by atoms with Crippen LogP contribution >= 0.6 is 11.6 Å². The van der Waals surface area contributed by atoms with Crippen molar-refractivity contribution < 1.29 is 14.3 Å². The lowest BCUT2D eigenvalue weighted by molar-refractivity contribution is 0.0975. The number of guanidine groups is 1. The number of halogens is 1. The molecule has 1 heterocycles. The molecule has 1 atom stereocenters. The molecule has 2 N–H and O–H groups in total. The number of methoxy groups -OCH3 is 1. The van der Waals surface area contributed by atoms with Gasteiger partial charge in [-0.3, -0.25) is 10.1 Å². The van der Waals surface area contributed by atoms with Crippen molar-refractivity contribution in [2.75, 3.05) is 25.6 Å². The average Bonchev–Trinajstić information content (AvgIpc) is 3.21. The molecular weight excluding hydrogens is 378 g/mol. The van der Waals surface area contributed by atoms with Crippen LogP contribution in [0.15, 0.2) is 47.5 Å². The number of anilines is 1. The number of amides is 1. The first kappa shape index (κ1) is 20.2. The summed E-state index contributed by atoms with van der Waals surface area (Å²) in [5.74, 6) is 0.648. The van der Waals surface area contributed by atoms with Gasteiger partial charge in [0.15, 0.2) is 0 Å². The third kappa shape index (κ3) is 5.47. The Morgan fingerprint density at radius 2 is 2.18 bits per heavy atom. The maximum absolute atomic E-state index is 12.7. The van der Waals surface area contributed by atoms with E-state index in [-0.39, 0.29) is 12.0 Å². The molecule has 1 fully saturated rings. The van der Waals surface area contributed by atoms with Crippen molar-refractivity contribution in [1.82, 2.24) is 5.32 Å². The van der Waals surface area contributed by atoms with Crippen LogP contribution < -0.4 is 15.4 Å². The fourth-order valence-corrected chi connectivity index (χ4v) is 3.17. The highest BCUT2D eigenvalue weighted by molar-refractivity contribution is 6.34. The fourth-order valence-electron chi connectivity index (χ4n) is 2.88. The highest BCUT2D eigenvalue weighted by Gasteiger charge is 2.16. The van der Waals surface area contributed by atoms with Crippen LogP contribution in [0.3, 0.4) is 0 Å². The molecule has 28 heavy (non-hydrogen) atoms. The van der Waals surface area contributed by atoms with Gasteiger partial charge in [0.1, 0.15) is 5.75 Å². The Balaban J connectivity index is 1.78. The molecule has 0 radical (unpaired) electrons. The van der Waals surface area contributed by atoms with E-state index in [1.807, 2.05) is 25.1 Å². The van der Waals surface area contributed by atoms with Gasteiger partial charge in [-0.15, -0.1) is 0 Å². The van der Waals surface area contributed by atoms with Crippen molar-refractivity contribution in [3.05, 3.63) is 58.6 Å². The number of carbonyl (C=O) groups is 1. The van der Waals surface area contributed by atoms with Gasteiger partial charge in [-0.25, -0.2) is 4.99 Å². The first-order valence-corrected chi connectivity index (χ1v) is 9.57. The standard InChI is InChI=1S/C21H24ClN3O3/c1-14-8-9-19(18(22)11-14)24-21(23-13-17-7-4-10-28-17)25-20(26)15-5-3-6-16(12-15)27-2/h3,5-6,8-9,11-12,17H,4,7,10,13H2,1-2H3,(H2,23,24,25,26)/t17-/m0/s1. The number of aryl methyl sites for hydroxylation is 1. The largest absolute Gasteiger partial charge is 0.497 e. The number of carbonyl (C=O) groups excluding carboxylic acids is 1. The van der Waals surface area contributed by atoms with Crippen molar-refractivity contribution >= 4 is 29.2 Å². The predicted molar refractivity (Wildman–Crippen MR) is 112 cm³/mol. The van der Waals surface area contributed by atoms with Crippen molar-refractivity contribution in [2.24, 2.45) is 4.99 Å². The quantitative estimate of drug-likeness (QED) is 0.586. The van der Waals surface area contributed by atoms with Gasteiger partial charge in [0.2, 0.25) is 5.96 Å². The first-order chi connectivity index (χ1) is 13.5. The summed E-state index contributed by atoms with van der Waals surface area (Å²) < 4.78 is 10.8. The lowest BCUT2D eigenvalue weighted by atomic mass is 10.2. The third-order valence-corrected chi connectivity index (χ3v) is 4.73. The van der Waals surface area contributed by atoms with Gasteiger partial charge in [-0.2, -0.15) is 0 Å². The second-order valence-corrected chi connectivity index (χ2v) is 7.03. The van der Waals surface area contributed by atoms with Crippen LogP contribution in [-0.2, 0) is 4.74 Å². The molecule has 0 spiro atoms. The molecule has 0 bridgehead atoms. The van der Waals surface area contributed by atoms with Gasteiger partial charge in [0.05, 0.1) is 30.5 Å². The maximum atomic E-state index is 12.7. The number of aliphatic imine (C=N–C) groups is 1. The smallest absolute Gasteiger partial charge is 0.258 e. The van der Waals surface area contributed by atoms with Gasteiger partial charge >= 0.3 is 0 Å². The van der Waals surface area contributed by atoms with Crippen molar-refractivity contribution in [2.45, 2.75) is 25.9 Å². The Bertz CT molecular complexity index is 864. The minimum atomic E-state index is -0.291. The zero-order valence-electron chi connectivity index (χ0n) is 16.0. The van der Waals surface area contributed by atoms with Crippen LogP contribution in [0, 0.1) is 6.92 Å². The summed E-state index contributed by atoms with van der Waals surface area (Å²) in [6.45, 7) is 3.18. The van der Waals surface area contributed by atoms with Gasteiger partial charge in [0, 0.05) is 12.2 Å². The predicted octanol–water partition coefficient (Wildman–Crippen LogP) is 4.03. The first-order valence-electron chi connectivity index (χ1n) is 9.20. The van der Waals surface area contributed by atoms with Gasteiger partial charge in [0.25, 0.3) is 5.91 Å². The van der Waals surface area contributed by atoms with E-state index >= 15 is 0 Å². The minimum Gasteiger partial charge on any atom is -0.497 e. The van der Waals surface area contributed by atoms with E-state index in [9.17, 15) is 4.79 Å². The summed E-state index contributed by atoms with van der Waals surface area (Å²) in [6, 6.07) is 12.6. The molecule has 0 aromatic heterocycles. The molecule has 1 amide bonds. The molecule has 0 aliphatic carbocycles. The zero-order valence-corrected chi connectivity index (χ0v) is 16.8. The Labute approximate surface area is 169 Å². The number of nitrogens with zero attached hydrogens (tertiary/aromatic N) is 1. The van der Waals surface area contributed by atoms with Gasteiger partial charge in [-0.05, 0) is 55.7 Å². The Hall–Kier alpha value is -2.57. The number of hydrogen-bond donors (Lipinski definition) is 2. The third-order valence-electron chi connectivity index (χ3n) is 4.42. The second kappa shape index (κ2) is 9.57. The van der Waals surface area contributed by atoms with E-state index < -0.39 is 0 Å². The normalized spacial score (nSPS) is 16.7. The molecule has 3 rings (SSSR count). The van der Waals surface area contributed by atoms with E-state index in [1.54, 1.807) is 31.4 Å². The summed E-state index contributed by atoms with van der Waals surface area (Å²) in [7, 11) is 1.56. The number of rotatable bonds is 5. The van der Waals surface area contributed by atoms with Crippen LogP contribution in [0.2, 0.25) is 5.02 Å². The highest BCUT2D eigenvalue weighted by atomic mass is 35.5. The lowest BCUT2D eigenvalue weighted by Gasteiger charge is -2.15. The number of benzene rings is 2. The van der Waals surface area contributed by atoms with Crippen LogP contribution in [0.25, 0.3) is 0 Å². The molecule has 0 saturated carbocycles. The van der Waals surface area contributed by atoms with Gasteiger partial charge in [-0.1, -0.05) is 23.7 Å². The number of nitrogens with one attached hydrogen (secondary N) is 2. The van der Waals surface area contributed by atoms with Crippen LogP contribution in [0.1, 0.15) is 28.8 Å². The molecule has 0 unspecified atom stereocenters. The second-order valence-electron chi connectivity index (χ2n) is 6.62. The molecule has 1 saturated heterocycles. The number of hydrogen-bond acceptors (Lipinski definition) is 4. The molecule has 2 aromatic carbocycles. The SMILES string of the molecule is COc1cccc(C(=O)NC(=NC[C@@H]2CCCO2)Nc2ccc(C)cc2Cl)c1. The topological polar surface area (TPSA) is 72.0 Å². The van der Waals surface area contributed by atoms with Gasteiger partial charge < -0.3 is 14.8 Å². The molecule has 2 aromatic rings. The fraction of sp³-hybridized carbons (Fsp3) is 0.333. The minimum absolute atomic E-state index is 0.0685. The van der Waals surface area contributed by atoms with E-state index in [1.165, 1.54) is 0 Å². The molecule has 1 aliphatic rings. The molecule has 7 heteroatoms. The Morgan fingerprint density at radius 1 is 1.32 bits per heavy atom. The van der Waals surface area contributed by atoms with Crippen molar-refractivity contribution in [3.8, 4) is 5.75 Å². The summed E-state index contributed by atoms with van der Waals surface area (Å²) >= 11 is 6.32. The van der Waals surface area contributed by atoms with E-state index in [4.69, 9.17) is 21.1 Å². The monoisotopic (exact) mass is 401 g/mol. The summed E-state index contributed by atoms with van der Waals surface area (Å²) in [6.07, 6.45) is 2.06. The average molecular weight is 402 g/mol. The van der Waals surface area contributed by atoms with Crippen molar-refractivity contribution in [1.29, 1.82) is 0 Å². The van der Waals surface area contributed by atoms with E-state index in [0.717, 1.165) is 25.0 Å². The molecule has 6 nitrogen and oxygen atoms in total. The lowest BCUT2D eigenvalue weighted by Crippen LogP contribution is -2.36. The summed E-state index contributed by atoms with van der Waals surface area (Å²) in [5.41, 5.74) is 2.19. The van der Waals surface area contributed by atoms with E-state index in [0.29, 0.717) is 34.5 Å². The van der Waals surface area contributed by atoms with Crippen molar-refractivity contribution in [3.63, 3.8) is 0 Å². The molecule has 148 valence electrons.